The van der Waals surface area contributed by atoms with Crippen molar-refractivity contribution in [1.82, 2.24) is 10.6 Å². The first-order valence-electron chi connectivity index (χ1n) is 15.9. The molecule has 4 atom stereocenters. The van der Waals surface area contributed by atoms with Gasteiger partial charge in [-0.15, -0.1) is 0 Å². The molecule has 0 spiro atoms. The van der Waals surface area contributed by atoms with Gasteiger partial charge in [0.2, 0.25) is 0 Å². The van der Waals surface area contributed by atoms with Gasteiger partial charge in [-0.2, -0.15) is 0 Å². The van der Waals surface area contributed by atoms with Gasteiger partial charge in [0.25, 0.3) is 0 Å². The summed E-state index contributed by atoms with van der Waals surface area (Å²) in [6.07, 6.45) is -1.68. The van der Waals surface area contributed by atoms with E-state index in [0.29, 0.717) is 0 Å². The van der Waals surface area contributed by atoms with Gasteiger partial charge in [0.15, 0.2) is 19.7 Å². The van der Waals surface area contributed by atoms with Crippen molar-refractivity contribution >= 4 is 63.7 Å². The maximum absolute atomic E-state index is 12.7. The molecule has 0 aliphatic heterocycles. The molecule has 48 heavy (non-hydrogen) atoms. The van der Waals surface area contributed by atoms with Crippen LogP contribution in [0.5, 0.6) is 0 Å². The van der Waals surface area contributed by atoms with Crippen molar-refractivity contribution in [2.45, 2.75) is 104 Å². The van der Waals surface area contributed by atoms with E-state index in [1.54, 1.807) is 65.8 Å². The third-order valence-corrected chi connectivity index (χ3v) is 12.9. The lowest BCUT2D eigenvalue weighted by atomic mass is 10.1. The topological polar surface area (TPSA) is 145 Å². The van der Waals surface area contributed by atoms with Gasteiger partial charge in [0.05, 0.1) is 34.2 Å². The summed E-state index contributed by atoms with van der Waals surface area (Å²) in [5, 5.41) is 4.06. The van der Waals surface area contributed by atoms with E-state index in [9.17, 15) is 26.4 Å². The van der Waals surface area contributed by atoms with Crippen molar-refractivity contribution in [3.8, 4) is 0 Å². The Morgan fingerprint density at radius 3 is 1.06 bits per heavy atom. The number of rotatable bonds is 14. The fourth-order valence-electron chi connectivity index (χ4n) is 4.27. The monoisotopic (exact) mass is 838 g/mol. The Kier molecular flexibility index (Phi) is 18.2. The number of amides is 2. The highest BCUT2D eigenvalue weighted by atomic mass is 79.9. The number of benzene rings is 2. The van der Waals surface area contributed by atoms with Crippen LogP contribution in [0.2, 0.25) is 0 Å². The summed E-state index contributed by atoms with van der Waals surface area (Å²) in [7, 11) is -6.86. The lowest BCUT2D eigenvalue weighted by Gasteiger charge is -2.24. The Morgan fingerprint density at radius 2 is 0.833 bits per heavy atom. The molecule has 2 rings (SSSR count). The summed E-state index contributed by atoms with van der Waals surface area (Å²) in [5.74, 6) is -0.322. The van der Waals surface area contributed by atoms with Crippen molar-refractivity contribution in [3.05, 3.63) is 68.6 Å². The van der Waals surface area contributed by atoms with Crippen LogP contribution in [0.25, 0.3) is 0 Å². The SMILES string of the molecule is CC(C)OC(=O)N[C@H](CS(=O)(=O)[C@@H](C)c1ccc(Br)cc1)C(C)C.CC(C)OC(=O)N[C@H](CS(=O)(=O)[C@@H](C)c1ccc(Br)cc1)C(C)C. The van der Waals surface area contributed by atoms with Crippen LogP contribution in [0.1, 0.15) is 90.9 Å². The Balaban J connectivity index is 0.000000480. The summed E-state index contributed by atoms with van der Waals surface area (Å²) in [5.41, 5.74) is 1.45. The first-order valence-corrected chi connectivity index (χ1v) is 21.0. The van der Waals surface area contributed by atoms with E-state index in [4.69, 9.17) is 9.47 Å². The Labute approximate surface area is 304 Å². The summed E-state index contributed by atoms with van der Waals surface area (Å²) in [6.45, 7) is 17.8. The average Bonchev–Trinajstić information content (AvgIpc) is 2.95. The van der Waals surface area contributed by atoms with E-state index in [1.165, 1.54) is 0 Å². The number of hydrogen-bond donors (Lipinski definition) is 2. The summed E-state index contributed by atoms with van der Waals surface area (Å²) < 4.78 is 62.8. The molecule has 272 valence electrons. The van der Waals surface area contributed by atoms with Crippen molar-refractivity contribution in [2.75, 3.05) is 11.5 Å². The van der Waals surface area contributed by atoms with Gasteiger partial charge in [-0.05, 0) is 88.8 Å². The predicted molar refractivity (Wildman–Crippen MR) is 199 cm³/mol. The smallest absolute Gasteiger partial charge is 0.407 e. The second-order valence-corrected chi connectivity index (χ2v) is 19.5. The summed E-state index contributed by atoms with van der Waals surface area (Å²) in [6, 6.07) is 13.4. The number of sulfone groups is 2. The van der Waals surface area contributed by atoms with Crippen molar-refractivity contribution in [2.24, 2.45) is 11.8 Å². The second kappa shape index (κ2) is 19.9. The summed E-state index contributed by atoms with van der Waals surface area (Å²) >= 11 is 6.68. The Bertz CT molecular complexity index is 1400. The van der Waals surface area contributed by atoms with Crippen LogP contribution in [0, 0.1) is 11.8 Å². The number of nitrogens with one attached hydrogen (secondary N) is 2. The minimum atomic E-state index is -3.43. The molecule has 0 unspecified atom stereocenters. The van der Waals surface area contributed by atoms with E-state index in [-0.39, 0.29) is 35.5 Å². The van der Waals surface area contributed by atoms with Crippen LogP contribution >= 0.6 is 31.9 Å². The van der Waals surface area contributed by atoms with Crippen LogP contribution < -0.4 is 10.6 Å². The zero-order chi connectivity index (χ0) is 37.0. The first-order chi connectivity index (χ1) is 22.0. The molecule has 0 aromatic heterocycles. The maximum Gasteiger partial charge on any atom is 0.407 e. The molecule has 2 aromatic carbocycles. The molecule has 2 aromatic rings. The van der Waals surface area contributed by atoms with Gasteiger partial charge in [0, 0.05) is 21.0 Å². The molecule has 2 amide bonds. The molecule has 0 fully saturated rings. The Hall–Kier alpha value is -2.16. The summed E-state index contributed by atoms with van der Waals surface area (Å²) in [4.78, 5) is 23.6. The molecule has 0 radical (unpaired) electrons. The van der Waals surface area contributed by atoms with Crippen molar-refractivity contribution in [3.63, 3.8) is 0 Å². The molecule has 0 heterocycles. The van der Waals surface area contributed by atoms with Crippen molar-refractivity contribution in [1.29, 1.82) is 0 Å². The molecule has 0 bridgehead atoms. The zero-order valence-electron chi connectivity index (χ0n) is 29.5. The van der Waals surface area contributed by atoms with Crippen LogP contribution in [0.4, 0.5) is 9.59 Å². The third-order valence-electron chi connectivity index (χ3n) is 7.48. The van der Waals surface area contributed by atoms with Crippen LogP contribution in [0.3, 0.4) is 0 Å². The predicted octanol–water partition coefficient (Wildman–Crippen LogP) is 8.17. The molecule has 0 aliphatic rings. The highest BCUT2D eigenvalue weighted by Crippen LogP contribution is 2.27. The quantitative estimate of drug-likeness (QED) is 0.194. The van der Waals surface area contributed by atoms with E-state index >= 15 is 0 Å². The molecule has 0 saturated carbocycles. The normalized spacial score (nSPS) is 14.5. The second-order valence-electron chi connectivity index (χ2n) is 12.9. The Morgan fingerprint density at radius 1 is 0.562 bits per heavy atom. The van der Waals surface area contributed by atoms with E-state index in [0.717, 1.165) is 20.1 Å². The van der Waals surface area contributed by atoms with Gasteiger partial charge in [-0.25, -0.2) is 26.4 Å². The van der Waals surface area contributed by atoms with Crippen LogP contribution in [-0.4, -0.2) is 64.8 Å². The van der Waals surface area contributed by atoms with Crippen LogP contribution in [0.15, 0.2) is 57.5 Å². The molecular weight excluding hydrogens is 788 g/mol. The fourth-order valence-corrected chi connectivity index (χ4v) is 8.46. The van der Waals surface area contributed by atoms with Gasteiger partial charge >= 0.3 is 12.2 Å². The van der Waals surface area contributed by atoms with Gasteiger partial charge in [-0.3, -0.25) is 0 Å². The first kappa shape index (κ1) is 43.9. The van der Waals surface area contributed by atoms with Crippen molar-refractivity contribution < 1.29 is 35.9 Å². The van der Waals surface area contributed by atoms with Crippen LogP contribution in [-0.2, 0) is 29.1 Å². The molecule has 2 N–H and O–H groups in total. The average molecular weight is 841 g/mol. The molecular formula is C34H52Br2N2O8S2. The molecule has 0 saturated heterocycles. The van der Waals surface area contributed by atoms with Gasteiger partial charge < -0.3 is 20.1 Å². The number of carbonyl (C=O) groups excluding carboxylic acids is 2. The lowest BCUT2D eigenvalue weighted by molar-refractivity contribution is 0.110. The number of carbonyl (C=O) groups is 2. The number of hydrogen-bond acceptors (Lipinski definition) is 8. The van der Waals surface area contributed by atoms with E-state index in [1.807, 2.05) is 52.0 Å². The minimum absolute atomic E-state index is 0.0309. The third kappa shape index (κ3) is 15.6. The lowest BCUT2D eigenvalue weighted by Crippen LogP contribution is -2.44. The standard InChI is InChI=1S/2C17H26BrNO4S/c2*1-11(2)16(19-17(20)23-12(3)4)10-24(21,22)13(5)14-6-8-15(18)9-7-14/h2*6-9,11-13,16H,10H2,1-5H3,(H,19,20)/t2*13-,16+/m00/s1. The highest BCUT2D eigenvalue weighted by molar-refractivity contribution is 9.10. The van der Waals surface area contributed by atoms with E-state index < -0.39 is 54.4 Å². The van der Waals surface area contributed by atoms with Gasteiger partial charge in [0.1, 0.15) is 0 Å². The number of halogens is 2. The maximum atomic E-state index is 12.7. The number of ether oxygens (including phenoxy) is 2. The van der Waals surface area contributed by atoms with Gasteiger partial charge in [-0.1, -0.05) is 83.8 Å². The fraction of sp³-hybridized carbons (Fsp3) is 0.588. The zero-order valence-corrected chi connectivity index (χ0v) is 34.3. The number of alkyl carbamates (subject to hydrolysis) is 2. The molecule has 14 heteroatoms. The highest BCUT2D eigenvalue weighted by Gasteiger charge is 2.31. The molecule has 0 aliphatic carbocycles. The van der Waals surface area contributed by atoms with E-state index in [2.05, 4.69) is 42.5 Å². The largest absolute Gasteiger partial charge is 0.447 e. The minimum Gasteiger partial charge on any atom is -0.447 e. The molecule has 10 nitrogen and oxygen atoms in total.